The third-order valence-electron chi connectivity index (χ3n) is 5.23. The van der Waals surface area contributed by atoms with Gasteiger partial charge in [-0.2, -0.15) is 0 Å². The summed E-state index contributed by atoms with van der Waals surface area (Å²) < 4.78 is 39.8. The van der Waals surface area contributed by atoms with Gasteiger partial charge in [0, 0.05) is 23.4 Å². The van der Waals surface area contributed by atoms with Crippen molar-refractivity contribution in [1.29, 1.82) is 0 Å². The maximum Gasteiger partial charge on any atom is 0.320 e. The van der Waals surface area contributed by atoms with E-state index in [1.54, 1.807) is 30.5 Å². The molecule has 2 aromatic heterocycles. The second kappa shape index (κ2) is 7.77. The van der Waals surface area contributed by atoms with Crippen molar-refractivity contribution in [1.82, 2.24) is 15.3 Å². The average molecular weight is 489 g/mol. The number of hydrogen-bond donors (Lipinski definition) is 2. The van der Waals surface area contributed by atoms with Crippen LogP contribution >= 0.6 is 15.9 Å². The molecule has 3 heterocycles. The number of benzene rings is 1. The number of hydrogen-bond acceptors (Lipinski definition) is 5. The highest BCUT2D eigenvalue weighted by Gasteiger charge is 2.57. The van der Waals surface area contributed by atoms with Gasteiger partial charge in [0.25, 0.3) is 0 Å². The zero-order valence-corrected chi connectivity index (χ0v) is 17.4. The molecule has 7 nitrogen and oxygen atoms in total. The van der Waals surface area contributed by atoms with E-state index in [2.05, 4.69) is 36.5 Å². The van der Waals surface area contributed by atoms with Crippen LogP contribution in [-0.2, 0) is 0 Å². The number of anilines is 1. The number of carbonyl (C=O) groups is 1. The predicted molar refractivity (Wildman–Crippen MR) is 110 cm³/mol. The third kappa shape index (κ3) is 3.90. The van der Waals surface area contributed by atoms with Gasteiger partial charge >= 0.3 is 6.03 Å². The summed E-state index contributed by atoms with van der Waals surface area (Å²) in [6.07, 6.45) is 3.03. The van der Waals surface area contributed by atoms with Crippen LogP contribution in [-0.4, -0.2) is 28.6 Å². The second-order valence-electron chi connectivity index (χ2n) is 7.19. The first-order valence-corrected chi connectivity index (χ1v) is 10.2. The number of halogens is 3. The van der Waals surface area contributed by atoms with Gasteiger partial charge in [-0.1, -0.05) is 0 Å². The molecule has 0 bridgehead atoms. The fourth-order valence-electron chi connectivity index (χ4n) is 3.73. The lowest BCUT2D eigenvalue weighted by molar-refractivity contribution is 0.247. The standard InChI is InChI=1S/C21H15BrF2N4O3/c22-15-5-1-10(7-25-15)31-11-2-6-16(26-8-11)27-21(29)28-19-12-9-30-20-14(24)4-3-13(23)18(20)17(12)19/h1-8,12,17,19H,9H2,(H2,26,27,28,29)/t12-,17+,19+/m0/s1. The highest BCUT2D eigenvalue weighted by Crippen LogP contribution is 2.55. The van der Waals surface area contributed by atoms with Crippen molar-refractivity contribution < 1.29 is 23.0 Å². The van der Waals surface area contributed by atoms with Gasteiger partial charge < -0.3 is 14.8 Å². The van der Waals surface area contributed by atoms with Crippen molar-refractivity contribution in [3.63, 3.8) is 0 Å². The Morgan fingerprint density at radius 1 is 1.06 bits per heavy atom. The number of carbonyl (C=O) groups excluding carboxylic acids is 1. The van der Waals surface area contributed by atoms with Crippen LogP contribution in [0.4, 0.5) is 19.4 Å². The van der Waals surface area contributed by atoms with Gasteiger partial charge in [-0.05, 0) is 52.3 Å². The number of pyridine rings is 2. The maximum absolute atomic E-state index is 14.2. The minimum absolute atomic E-state index is 0.0656. The number of aromatic nitrogens is 2. The molecule has 1 fully saturated rings. The topological polar surface area (TPSA) is 85.4 Å². The monoisotopic (exact) mass is 488 g/mol. The largest absolute Gasteiger partial charge is 0.490 e. The van der Waals surface area contributed by atoms with Crippen molar-refractivity contribution >= 4 is 27.8 Å². The van der Waals surface area contributed by atoms with Crippen LogP contribution in [0.15, 0.2) is 53.4 Å². The Bertz CT molecular complexity index is 1140. The molecule has 0 radical (unpaired) electrons. The van der Waals surface area contributed by atoms with E-state index in [0.29, 0.717) is 21.9 Å². The van der Waals surface area contributed by atoms with Crippen molar-refractivity contribution in [3.05, 3.63) is 70.6 Å². The summed E-state index contributed by atoms with van der Waals surface area (Å²) in [6.45, 7) is 0.220. The van der Waals surface area contributed by atoms with E-state index in [1.165, 1.54) is 6.20 Å². The van der Waals surface area contributed by atoms with E-state index in [0.717, 1.165) is 12.1 Å². The summed E-state index contributed by atoms with van der Waals surface area (Å²) in [4.78, 5) is 20.6. The molecule has 5 rings (SSSR count). The van der Waals surface area contributed by atoms with Crippen molar-refractivity contribution in [2.75, 3.05) is 11.9 Å². The minimum Gasteiger partial charge on any atom is -0.490 e. The molecule has 1 aliphatic carbocycles. The fourth-order valence-corrected chi connectivity index (χ4v) is 3.97. The second-order valence-corrected chi connectivity index (χ2v) is 8.01. The first-order chi connectivity index (χ1) is 15.0. The summed E-state index contributed by atoms with van der Waals surface area (Å²) in [7, 11) is 0. The Kier molecular flexibility index (Phi) is 4.93. The van der Waals surface area contributed by atoms with E-state index >= 15 is 0 Å². The first kappa shape index (κ1) is 19.7. The Labute approximate surface area is 183 Å². The van der Waals surface area contributed by atoms with Crippen LogP contribution in [0.1, 0.15) is 11.5 Å². The number of fused-ring (bicyclic) bond motifs is 3. The Balaban J connectivity index is 1.20. The van der Waals surface area contributed by atoms with Gasteiger partial charge in [0.05, 0.1) is 19.0 Å². The highest BCUT2D eigenvalue weighted by molar-refractivity contribution is 9.10. The average Bonchev–Trinajstić information content (AvgIpc) is 3.46. The lowest BCUT2D eigenvalue weighted by atomic mass is 10.0. The molecular weight excluding hydrogens is 474 g/mol. The van der Waals surface area contributed by atoms with Crippen molar-refractivity contribution in [2.45, 2.75) is 12.0 Å². The van der Waals surface area contributed by atoms with Crippen LogP contribution < -0.4 is 20.1 Å². The minimum atomic E-state index is -0.602. The first-order valence-electron chi connectivity index (χ1n) is 9.43. The Morgan fingerprint density at radius 2 is 1.81 bits per heavy atom. The molecule has 1 aromatic carbocycles. The van der Waals surface area contributed by atoms with Crippen LogP contribution in [0.5, 0.6) is 17.2 Å². The van der Waals surface area contributed by atoms with E-state index in [4.69, 9.17) is 9.47 Å². The van der Waals surface area contributed by atoms with Crippen LogP contribution in [0.25, 0.3) is 0 Å². The Morgan fingerprint density at radius 3 is 2.52 bits per heavy atom. The number of nitrogens with one attached hydrogen (secondary N) is 2. The highest BCUT2D eigenvalue weighted by atomic mass is 79.9. The molecule has 2 N–H and O–H groups in total. The quantitative estimate of drug-likeness (QED) is 0.524. The van der Waals surface area contributed by atoms with Crippen LogP contribution in [0.2, 0.25) is 0 Å². The molecule has 3 aromatic rings. The van der Waals surface area contributed by atoms with Gasteiger partial charge in [0.2, 0.25) is 0 Å². The van der Waals surface area contributed by atoms with Crippen molar-refractivity contribution in [2.24, 2.45) is 5.92 Å². The van der Waals surface area contributed by atoms with E-state index < -0.39 is 17.7 Å². The molecule has 10 heteroatoms. The molecule has 1 saturated carbocycles. The third-order valence-corrected chi connectivity index (χ3v) is 5.70. The number of rotatable bonds is 4. The molecule has 3 atom stereocenters. The van der Waals surface area contributed by atoms with Gasteiger partial charge in [0.15, 0.2) is 11.6 Å². The predicted octanol–water partition coefficient (Wildman–Crippen LogP) is 4.61. The molecule has 1 aliphatic heterocycles. The van der Waals surface area contributed by atoms with Crippen LogP contribution in [0, 0.1) is 17.6 Å². The molecule has 0 spiro atoms. The summed E-state index contributed by atoms with van der Waals surface area (Å²) in [5.74, 6) is -0.267. The van der Waals surface area contributed by atoms with Gasteiger partial charge in [-0.25, -0.2) is 23.5 Å². The number of nitrogens with zero attached hydrogens (tertiary/aromatic N) is 2. The van der Waals surface area contributed by atoms with Gasteiger partial charge in [0.1, 0.15) is 27.7 Å². The number of urea groups is 1. The van der Waals surface area contributed by atoms with E-state index in [-0.39, 0.29) is 35.8 Å². The molecule has 2 aliphatic rings. The zero-order chi connectivity index (χ0) is 21.5. The lowest BCUT2D eigenvalue weighted by Gasteiger charge is -2.16. The summed E-state index contributed by atoms with van der Waals surface area (Å²) in [6, 6.07) is 8.04. The zero-order valence-electron chi connectivity index (χ0n) is 15.8. The molecule has 31 heavy (non-hydrogen) atoms. The van der Waals surface area contributed by atoms with E-state index in [9.17, 15) is 13.6 Å². The molecule has 0 unspecified atom stereocenters. The summed E-state index contributed by atoms with van der Waals surface area (Å²) in [5.41, 5.74) is 0.184. The fraction of sp³-hybridized carbons (Fsp3) is 0.190. The van der Waals surface area contributed by atoms with E-state index in [1.807, 2.05) is 0 Å². The molecule has 0 saturated heterocycles. The van der Waals surface area contributed by atoms with Crippen LogP contribution in [0.3, 0.4) is 0 Å². The Hall–Kier alpha value is -3.27. The number of amides is 2. The normalized spacial score (nSPS) is 20.7. The lowest BCUT2D eigenvalue weighted by Crippen LogP contribution is -2.32. The summed E-state index contributed by atoms with van der Waals surface area (Å²) >= 11 is 3.25. The number of ether oxygens (including phenoxy) is 2. The smallest absolute Gasteiger partial charge is 0.320 e. The van der Waals surface area contributed by atoms with Gasteiger partial charge in [-0.15, -0.1) is 0 Å². The van der Waals surface area contributed by atoms with Crippen molar-refractivity contribution in [3.8, 4) is 17.2 Å². The molecule has 2 amide bonds. The maximum atomic E-state index is 14.2. The SMILES string of the molecule is O=C(Nc1ccc(Oc2ccc(Br)nc2)cn1)N[C@@H]1[C@H]2COc3c(F)ccc(F)c3[C@@H]21. The van der Waals surface area contributed by atoms with Gasteiger partial charge in [-0.3, -0.25) is 5.32 Å². The summed E-state index contributed by atoms with van der Waals surface area (Å²) in [5, 5.41) is 5.42. The molecular formula is C21H15BrF2N4O3. The molecule has 158 valence electrons.